The molecule has 5 heteroatoms. The molecule has 1 fully saturated rings. The van der Waals surface area contributed by atoms with Crippen molar-refractivity contribution in [2.45, 2.75) is 41.9 Å². The Morgan fingerprint density at radius 2 is 1.88 bits per heavy atom. The number of aliphatic hydroxyl groups excluding tert-OH is 1. The Balaban J connectivity index is 2.00. The lowest BCUT2D eigenvalue weighted by molar-refractivity contribution is -0.384. The van der Waals surface area contributed by atoms with Gasteiger partial charge in [0.05, 0.1) is 11.0 Å². The van der Waals surface area contributed by atoms with E-state index in [1.807, 2.05) is 0 Å². The minimum Gasteiger partial charge on any atom is -0.392 e. The number of non-ortho nitro benzene ring substituents is 1. The van der Waals surface area contributed by atoms with E-state index in [0.717, 1.165) is 30.6 Å². The van der Waals surface area contributed by atoms with E-state index >= 15 is 0 Å². The van der Waals surface area contributed by atoms with Gasteiger partial charge in [0.15, 0.2) is 0 Å². The third-order valence-electron chi connectivity index (χ3n) is 3.00. The van der Waals surface area contributed by atoms with Gasteiger partial charge in [-0.15, -0.1) is 11.8 Å². The molecule has 2 atom stereocenters. The fraction of sp³-hybridized carbons (Fsp3) is 0.500. The summed E-state index contributed by atoms with van der Waals surface area (Å²) in [5.74, 6) is 0. The number of hydrogen-bond donors (Lipinski definition) is 1. The first kappa shape index (κ1) is 12.4. The van der Waals surface area contributed by atoms with Gasteiger partial charge in [0.1, 0.15) is 0 Å². The van der Waals surface area contributed by atoms with Gasteiger partial charge >= 0.3 is 0 Å². The molecule has 0 aliphatic heterocycles. The van der Waals surface area contributed by atoms with Crippen LogP contribution in [-0.2, 0) is 0 Å². The summed E-state index contributed by atoms with van der Waals surface area (Å²) in [6.07, 6.45) is 3.89. The van der Waals surface area contributed by atoms with Crippen LogP contribution >= 0.6 is 11.8 Å². The predicted molar refractivity (Wildman–Crippen MR) is 67.2 cm³/mol. The van der Waals surface area contributed by atoms with Crippen molar-refractivity contribution in [2.75, 3.05) is 0 Å². The molecule has 0 heterocycles. The molecule has 1 aromatic carbocycles. The molecule has 1 aromatic rings. The molecular formula is C12H15NO3S. The minimum atomic E-state index is -0.399. The standard InChI is InChI=1S/C12H15NO3S/c14-11-3-1-2-4-12(11)17-10-7-5-9(6-8-10)13(15)16/h5-8,11-12,14H,1-4H2. The van der Waals surface area contributed by atoms with Gasteiger partial charge in [0, 0.05) is 22.3 Å². The highest BCUT2D eigenvalue weighted by Gasteiger charge is 2.23. The second-order valence-electron chi connectivity index (χ2n) is 4.26. The highest BCUT2D eigenvalue weighted by Crippen LogP contribution is 2.34. The average molecular weight is 253 g/mol. The van der Waals surface area contributed by atoms with Crippen LogP contribution < -0.4 is 0 Å². The highest BCUT2D eigenvalue weighted by molar-refractivity contribution is 8.00. The largest absolute Gasteiger partial charge is 0.392 e. The van der Waals surface area contributed by atoms with Crippen molar-refractivity contribution in [2.24, 2.45) is 0 Å². The van der Waals surface area contributed by atoms with Gasteiger partial charge in [0.25, 0.3) is 5.69 Å². The molecule has 1 aliphatic rings. The number of nitro benzene ring substituents is 1. The first-order valence-corrected chi connectivity index (χ1v) is 6.64. The van der Waals surface area contributed by atoms with Gasteiger partial charge < -0.3 is 5.11 Å². The van der Waals surface area contributed by atoms with E-state index in [1.54, 1.807) is 23.9 Å². The first-order valence-electron chi connectivity index (χ1n) is 5.76. The van der Waals surface area contributed by atoms with E-state index in [0.29, 0.717) is 0 Å². The van der Waals surface area contributed by atoms with E-state index in [9.17, 15) is 15.2 Å². The molecule has 1 aliphatic carbocycles. The van der Waals surface area contributed by atoms with E-state index in [4.69, 9.17) is 0 Å². The SMILES string of the molecule is O=[N+]([O-])c1ccc(SC2CCCCC2O)cc1. The maximum absolute atomic E-state index is 10.5. The molecule has 1 N–H and O–H groups in total. The summed E-state index contributed by atoms with van der Waals surface area (Å²) in [6, 6.07) is 6.53. The zero-order chi connectivity index (χ0) is 12.3. The van der Waals surface area contributed by atoms with Crippen molar-refractivity contribution < 1.29 is 10.0 Å². The van der Waals surface area contributed by atoms with Crippen LogP contribution in [0.1, 0.15) is 25.7 Å². The van der Waals surface area contributed by atoms with Crippen LogP contribution in [0.15, 0.2) is 29.2 Å². The fourth-order valence-electron chi connectivity index (χ4n) is 2.04. The number of nitro groups is 1. The molecule has 0 bridgehead atoms. The van der Waals surface area contributed by atoms with Crippen LogP contribution in [0.5, 0.6) is 0 Å². The number of benzene rings is 1. The molecule has 0 spiro atoms. The molecule has 4 nitrogen and oxygen atoms in total. The molecule has 1 saturated carbocycles. The van der Waals surface area contributed by atoms with Crippen LogP contribution in [0.4, 0.5) is 5.69 Å². The molecule has 17 heavy (non-hydrogen) atoms. The zero-order valence-corrected chi connectivity index (χ0v) is 10.2. The molecule has 2 rings (SSSR count). The average Bonchev–Trinajstić information content (AvgIpc) is 2.33. The molecule has 92 valence electrons. The summed E-state index contributed by atoms with van der Waals surface area (Å²) in [7, 11) is 0. The number of thioether (sulfide) groups is 1. The maximum atomic E-state index is 10.5. The van der Waals surface area contributed by atoms with Gasteiger partial charge in [-0.3, -0.25) is 10.1 Å². The Kier molecular flexibility index (Phi) is 4.02. The third-order valence-corrected chi connectivity index (χ3v) is 4.40. The fourth-order valence-corrected chi connectivity index (χ4v) is 3.26. The van der Waals surface area contributed by atoms with Crippen molar-refractivity contribution in [3.63, 3.8) is 0 Å². The van der Waals surface area contributed by atoms with Gasteiger partial charge in [0.2, 0.25) is 0 Å². The number of rotatable bonds is 3. The number of hydrogen-bond acceptors (Lipinski definition) is 4. The van der Waals surface area contributed by atoms with Gasteiger partial charge in [-0.25, -0.2) is 0 Å². The Morgan fingerprint density at radius 3 is 2.47 bits per heavy atom. The maximum Gasteiger partial charge on any atom is 0.269 e. The number of aliphatic hydroxyl groups is 1. The quantitative estimate of drug-likeness (QED) is 0.664. The highest BCUT2D eigenvalue weighted by atomic mass is 32.2. The van der Waals surface area contributed by atoms with Crippen molar-refractivity contribution >= 4 is 17.4 Å². The van der Waals surface area contributed by atoms with Crippen molar-refractivity contribution in [1.29, 1.82) is 0 Å². The first-order chi connectivity index (χ1) is 8.16. The van der Waals surface area contributed by atoms with E-state index in [-0.39, 0.29) is 17.0 Å². The van der Waals surface area contributed by atoms with Gasteiger partial charge in [-0.1, -0.05) is 12.8 Å². The Morgan fingerprint density at radius 1 is 1.24 bits per heavy atom. The second-order valence-corrected chi connectivity index (χ2v) is 5.57. The molecule has 0 saturated heterocycles. The second kappa shape index (κ2) is 5.51. The van der Waals surface area contributed by atoms with Gasteiger partial charge in [-0.2, -0.15) is 0 Å². The van der Waals surface area contributed by atoms with E-state index in [1.165, 1.54) is 12.1 Å². The summed E-state index contributed by atoms with van der Waals surface area (Å²) in [5, 5.41) is 20.6. The van der Waals surface area contributed by atoms with Crippen molar-refractivity contribution in [1.82, 2.24) is 0 Å². The summed E-state index contributed by atoms with van der Waals surface area (Å²) in [4.78, 5) is 11.1. The Labute approximate surface area is 104 Å². The normalized spacial score (nSPS) is 24.5. The molecular weight excluding hydrogens is 238 g/mol. The third kappa shape index (κ3) is 3.20. The molecule has 0 aromatic heterocycles. The van der Waals surface area contributed by atoms with Crippen LogP contribution in [-0.4, -0.2) is 21.4 Å². The lowest BCUT2D eigenvalue weighted by Crippen LogP contribution is -2.26. The molecule has 0 radical (unpaired) electrons. The van der Waals surface area contributed by atoms with Crippen molar-refractivity contribution in [3.05, 3.63) is 34.4 Å². The van der Waals surface area contributed by atoms with E-state index in [2.05, 4.69) is 0 Å². The number of nitrogens with zero attached hydrogens (tertiary/aromatic N) is 1. The monoisotopic (exact) mass is 253 g/mol. The summed E-state index contributed by atoms with van der Waals surface area (Å²) >= 11 is 1.62. The van der Waals surface area contributed by atoms with Crippen molar-refractivity contribution in [3.8, 4) is 0 Å². The molecule has 2 unspecified atom stereocenters. The van der Waals surface area contributed by atoms with Crippen LogP contribution in [0.3, 0.4) is 0 Å². The lowest BCUT2D eigenvalue weighted by atomic mass is 9.97. The van der Waals surface area contributed by atoms with Crippen LogP contribution in [0.25, 0.3) is 0 Å². The minimum absolute atomic E-state index is 0.110. The zero-order valence-electron chi connectivity index (χ0n) is 9.41. The van der Waals surface area contributed by atoms with Crippen LogP contribution in [0.2, 0.25) is 0 Å². The lowest BCUT2D eigenvalue weighted by Gasteiger charge is -2.26. The molecule has 0 amide bonds. The Hall–Kier alpha value is -1.07. The summed E-state index contributed by atoms with van der Waals surface area (Å²) in [5.41, 5.74) is 0.110. The van der Waals surface area contributed by atoms with Gasteiger partial charge in [-0.05, 0) is 25.0 Å². The van der Waals surface area contributed by atoms with E-state index < -0.39 is 4.92 Å². The summed E-state index contributed by atoms with van der Waals surface area (Å²) in [6.45, 7) is 0. The topological polar surface area (TPSA) is 63.4 Å². The van der Waals surface area contributed by atoms with Crippen LogP contribution in [0, 0.1) is 10.1 Å². The smallest absolute Gasteiger partial charge is 0.269 e. The summed E-state index contributed by atoms with van der Waals surface area (Å²) < 4.78 is 0. The predicted octanol–water partition coefficient (Wildman–Crippen LogP) is 2.99. The Bertz CT molecular complexity index is 393.